The number of aliphatic hydroxyl groups is 1. The molecule has 92 valence electrons. The minimum Gasteiger partial charge on any atom is -0.493 e. The van der Waals surface area contributed by atoms with E-state index in [1.54, 1.807) is 30.4 Å². The van der Waals surface area contributed by atoms with Crippen molar-refractivity contribution in [2.75, 3.05) is 20.3 Å². The number of carbonyl (C=O) groups excluding carboxylic acids is 1. The summed E-state index contributed by atoms with van der Waals surface area (Å²) in [6, 6.07) is 5.20. The van der Waals surface area contributed by atoms with Crippen molar-refractivity contribution in [1.29, 1.82) is 0 Å². The summed E-state index contributed by atoms with van der Waals surface area (Å²) in [5.74, 6) is 0.412. The average molecular weight is 237 g/mol. The maximum Gasteiger partial charge on any atom is 0.255 e. The molecule has 1 aromatic carbocycles. The smallest absolute Gasteiger partial charge is 0.255 e. The first-order valence-electron chi connectivity index (χ1n) is 5.04. The highest BCUT2D eigenvalue weighted by atomic mass is 16.5. The summed E-state index contributed by atoms with van der Waals surface area (Å²) in [4.78, 5) is 10.6. The fourth-order valence-electron chi connectivity index (χ4n) is 1.24. The fraction of sp³-hybridized carbons (Fsp3) is 0.250. The van der Waals surface area contributed by atoms with Gasteiger partial charge in [0.1, 0.15) is 0 Å². The number of hydrogen-bond acceptors (Lipinski definition) is 4. The topological polar surface area (TPSA) is 81.8 Å². The van der Waals surface area contributed by atoms with E-state index in [0.717, 1.165) is 5.56 Å². The summed E-state index contributed by atoms with van der Waals surface area (Å²) < 4.78 is 10.3. The molecule has 17 heavy (non-hydrogen) atoms. The first-order chi connectivity index (χ1) is 8.17. The summed E-state index contributed by atoms with van der Waals surface area (Å²) in [5.41, 5.74) is 5.85. The number of methoxy groups -OCH3 is 1. The van der Waals surface area contributed by atoms with E-state index in [1.165, 1.54) is 7.11 Å². The van der Waals surface area contributed by atoms with Crippen LogP contribution in [-0.4, -0.2) is 31.3 Å². The minimum atomic E-state index is -0.545. The third-order valence-corrected chi connectivity index (χ3v) is 1.97. The zero-order valence-corrected chi connectivity index (χ0v) is 9.55. The van der Waals surface area contributed by atoms with Gasteiger partial charge in [-0.2, -0.15) is 0 Å². The van der Waals surface area contributed by atoms with E-state index >= 15 is 0 Å². The lowest BCUT2D eigenvalue weighted by atomic mass is 10.2. The molecule has 0 unspecified atom stereocenters. The molecule has 0 saturated carbocycles. The second kappa shape index (κ2) is 6.55. The molecule has 0 aromatic heterocycles. The summed E-state index contributed by atoms with van der Waals surface area (Å²) in [7, 11) is 1.51. The van der Waals surface area contributed by atoms with Crippen molar-refractivity contribution in [3.8, 4) is 11.5 Å². The predicted octanol–water partition coefficient (Wildman–Crippen LogP) is 0.565. The molecule has 1 rings (SSSR count). The molecule has 0 atom stereocenters. The van der Waals surface area contributed by atoms with Crippen LogP contribution in [0.1, 0.15) is 5.56 Å². The Bertz CT molecular complexity index is 415. The van der Waals surface area contributed by atoms with Gasteiger partial charge in [-0.15, -0.1) is 0 Å². The van der Waals surface area contributed by atoms with Gasteiger partial charge in [0, 0.05) is 0 Å². The van der Waals surface area contributed by atoms with Crippen LogP contribution >= 0.6 is 0 Å². The third-order valence-electron chi connectivity index (χ3n) is 1.97. The Labute approximate surface area is 99.5 Å². The molecule has 0 fully saturated rings. The monoisotopic (exact) mass is 237 g/mol. The van der Waals surface area contributed by atoms with Gasteiger partial charge in [0.25, 0.3) is 5.91 Å². The second-order valence-electron chi connectivity index (χ2n) is 3.25. The number of carbonyl (C=O) groups is 1. The molecule has 0 spiro atoms. The average Bonchev–Trinajstić information content (AvgIpc) is 2.34. The molecule has 5 heteroatoms. The summed E-state index contributed by atoms with van der Waals surface area (Å²) in [6.45, 7) is -0.218. The summed E-state index contributed by atoms with van der Waals surface area (Å²) in [5, 5.41) is 8.66. The number of benzene rings is 1. The van der Waals surface area contributed by atoms with E-state index in [4.69, 9.17) is 20.3 Å². The van der Waals surface area contributed by atoms with E-state index in [0.29, 0.717) is 11.5 Å². The van der Waals surface area contributed by atoms with Crippen LogP contribution in [0.2, 0.25) is 0 Å². The van der Waals surface area contributed by atoms with Gasteiger partial charge in [-0.25, -0.2) is 0 Å². The molecule has 1 aromatic rings. The van der Waals surface area contributed by atoms with Crippen molar-refractivity contribution in [2.24, 2.45) is 5.73 Å². The van der Waals surface area contributed by atoms with Gasteiger partial charge < -0.3 is 20.3 Å². The van der Waals surface area contributed by atoms with Crippen LogP contribution in [0.25, 0.3) is 6.08 Å². The molecule has 0 radical (unpaired) electrons. The zero-order chi connectivity index (χ0) is 12.7. The zero-order valence-electron chi connectivity index (χ0n) is 9.55. The number of nitrogens with two attached hydrogens (primary N) is 1. The molecule has 5 nitrogen and oxygen atoms in total. The number of rotatable bonds is 6. The highest BCUT2D eigenvalue weighted by Crippen LogP contribution is 2.28. The quantitative estimate of drug-likeness (QED) is 0.757. The van der Waals surface area contributed by atoms with Gasteiger partial charge in [0.15, 0.2) is 18.1 Å². The first kappa shape index (κ1) is 13.1. The maximum atomic E-state index is 10.6. The standard InChI is InChI=1S/C12H15NO4/c1-16-11-7-9(3-2-6-14)4-5-10(11)17-8-12(13)15/h2-5,7,14H,6,8H2,1H3,(H2,13,15). The van der Waals surface area contributed by atoms with Crippen molar-refractivity contribution in [3.63, 3.8) is 0 Å². The number of amides is 1. The molecule has 0 aliphatic carbocycles. The Morgan fingerprint density at radius 3 is 2.82 bits per heavy atom. The lowest BCUT2D eigenvalue weighted by Crippen LogP contribution is -2.20. The SMILES string of the molecule is COc1cc(C=CCO)ccc1OCC(N)=O. The molecule has 3 N–H and O–H groups in total. The minimum absolute atomic E-state index is 0.0256. The van der Waals surface area contributed by atoms with E-state index < -0.39 is 5.91 Å². The van der Waals surface area contributed by atoms with E-state index in [2.05, 4.69) is 0 Å². The van der Waals surface area contributed by atoms with Crippen LogP contribution in [0.5, 0.6) is 11.5 Å². The van der Waals surface area contributed by atoms with E-state index in [-0.39, 0.29) is 13.2 Å². The van der Waals surface area contributed by atoms with Gasteiger partial charge >= 0.3 is 0 Å². The Kier molecular flexibility index (Phi) is 5.03. The van der Waals surface area contributed by atoms with Crippen LogP contribution in [0.4, 0.5) is 0 Å². The van der Waals surface area contributed by atoms with Gasteiger partial charge in [-0.3, -0.25) is 4.79 Å². The molecule has 0 bridgehead atoms. The van der Waals surface area contributed by atoms with Gasteiger partial charge in [-0.05, 0) is 17.7 Å². The molecule has 0 heterocycles. The number of aliphatic hydroxyl groups excluding tert-OH is 1. The Balaban J connectivity index is 2.85. The fourth-order valence-corrected chi connectivity index (χ4v) is 1.24. The van der Waals surface area contributed by atoms with Crippen LogP contribution in [0.3, 0.4) is 0 Å². The second-order valence-corrected chi connectivity index (χ2v) is 3.25. The van der Waals surface area contributed by atoms with Gasteiger partial charge in [-0.1, -0.05) is 18.2 Å². The molecule has 0 aliphatic rings. The van der Waals surface area contributed by atoms with Crippen LogP contribution in [-0.2, 0) is 4.79 Å². The lowest BCUT2D eigenvalue weighted by molar-refractivity contribution is -0.119. The van der Waals surface area contributed by atoms with Crippen molar-refractivity contribution in [3.05, 3.63) is 29.8 Å². The van der Waals surface area contributed by atoms with Crippen molar-refractivity contribution in [2.45, 2.75) is 0 Å². The molecular formula is C12H15NO4. The molecule has 1 amide bonds. The third kappa shape index (κ3) is 4.16. The van der Waals surface area contributed by atoms with Crippen LogP contribution in [0.15, 0.2) is 24.3 Å². The van der Waals surface area contributed by atoms with E-state index in [9.17, 15) is 4.79 Å². The van der Waals surface area contributed by atoms with Crippen LogP contribution in [0, 0.1) is 0 Å². The Morgan fingerprint density at radius 2 is 2.24 bits per heavy atom. The largest absolute Gasteiger partial charge is 0.493 e. The van der Waals surface area contributed by atoms with Crippen molar-refractivity contribution in [1.82, 2.24) is 0 Å². The van der Waals surface area contributed by atoms with E-state index in [1.807, 2.05) is 0 Å². The van der Waals surface area contributed by atoms with Crippen LogP contribution < -0.4 is 15.2 Å². The van der Waals surface area contributed by atoms with Crippen molar-refractivity contribution < 1.29 is 19.4 Å². The normalized spacial score (nSPS) is 10.5. The molecule has 0 aliphatic heterocycles. The van der Waals surface area contributed by atoms with Gasteiger partial charge in [0.05, 0.1) is 13.7 Å². The number of hydrogen-bond donors (Lipinski definition) is 2. The number of ether oxygens (including phenoxy) is 2. The summed E-state index contributed by atoms with van der Waals surface area (Å²) in [6.07, 6.45) is 3.36. The Hall–Kier alpha value is -2.01. The highest BCUT2D eigenvalue weighted by molar-refractivity contribution is 5.75. The van der Waals surface area contributed by atoms with Crippen molar-refractivity contribution >= 4 is 12.0 Å². The Morgan fingerprint density at radius 1 is 1.47 bits per heavy atom. The first-order valence-corrected chi connectivity index (χ1v) is 5.04. The highest BCUT2D eigenvalue weighted by Gasteiger charge is 2.05. The molecular weight excluding hydrogens is 222 g/mol. The number of primary amides is 1. The van der Waals surface area contributed by atoms with Gasteiger partial charge in [0.2, 0.25) is 0 Å². The lowest BCUT2D eigenvalue weighted by Gasteiger charge is -2.09. The predicted molar refractivity (Wildman–Crippen MR) is 63.8 cm³/mol. The maximum absolute atomic E-state index is 10.6. The molecule has 0 saturated heterocycles. The summed E-state index contributed by atoms with van der Waals surface area (Å²) >= 11 is 0.